The number of alkyl halides is 1. The Morgan fingerprint density at radius 3 is 1.75 bits per heavy atom. The minimum absolute atomic E-state index is 0.377. The molecule has 0 bridgehead atoms. The summed E-state index contributed by atoms with van der Waals surface area (Å²) >= 11 is 5.80. The summed E-state index contributed by atoms with van der Waals surface area (Å²) in [5, 5.41) is 0.377. The van der Waals surface area contributed by atoms with Gasteiger partial charge < -0.3 is 0 Å². The first kappa shape index (κ1) is 8.51. The minimum Gasteiger partial charge on any atom is -0.124 e. The molecule has 0 aliphatic heterocycles. The summed E-state index contributed by atoms with van der Waals surface area (Å²) in [6, 6.07) is 1.23. The lowest BCUT2D eigenvalue weighted by molar-refractivity contribution is 1.06. The summed E-state index contributed by atoms with van der Waals surface area (Å²) in [5.74, 6) is 0. The van der Waals surface area contributed by atoms with Crippen LogP contribution in [-0.4, -0.2) is 13.5 Å². The van der Waals surface area contributed by atoms with Crippen molar-refractivity contribution in [3.63, 3.8) is 0 Å². The van der Waals surface area contributed by atoms with Crippen LogP contribution in [0.5, 0.6) is 0 Å². The predicted molar refractivity (Wildman–Crippen MR) is 43.5 cm³/mol. The Bertz CT molecular complexity index is 63.4. The molecule has 0 aromatic heterocycles. The van der Waals surface area contributed by atoms with Gasteiger partial charge in [-0.1, -0.05) is 19.6 Å². The monoisotopic (exact) mass is 150 g/mol. The lowest BCUT2D eigenvalue weighted by Gasteiger charge is -2.16. The molecule has 0 rings (SSSR count). The molecular formula is C6H15ClSi. The van der Waals surface area contributed by atoms with Crippen molar-refractivity contribution in [3.8, 4) is 0 Å². The van der Waals surface area contributed by atoms with Gasteiger partial charge in [0.15, 0.2) is 0 Å². The number of hydrogen-bond donors (Lipinski definition) is 0. The third-order valence-electron chi connectivity index (χ3n) is 0.894. The van der Waals surface area contributed by atoms with Crippen molar-refractivity contribution in [2.45, 2.75) is 38.0 Å². The van der Waals surface area contributed by atoms with Crippen molar-refractivity contribution in [1.29, 1.82) is 0 Å². The quantitative estimate of drug-likeness (QED) is 0.420. The molecule has 0 radical (unpaired) electrons. The fourth-order valence-corrected chi connectivity index (χ4v) is 3.92. The van der Waals surface area contributed by atoms with E-state index in [1.54, 1.807) is 0 Å². The second-order valence-corrected chi connectivity index (χ2v) is 9.82. The van der Waals surface area contributed by atoms with Crippen LogP contribution in [0.1, 0.15) is 6.92 Å². The molecule has 2 heteroatoms. The number of halogens is 1. The molecule has 50 valence electrons. The maximum atomic E-state index is 5.80. The van der Waals surface area contributed by atoms with Crippen molar-refractivity contribution in [2.24, 2.45) is 0 Å². The van der Waals surface area contributed by atoms with Gasteiger partial charge in [-0.15, -0.1) is 11.6 Å². The normalized spacial score (nSPS) is 16.1. The molecule has 1 unspecified atom stereocenters. The maximum absolute atomic E-state index is 5.80. The van der Waals surface area contributed by atoms with Gasteiger partial charge in [-0.05, 0) is 13.0 Å². The van der Waals surface area contributed by atoms with Crippen LogP contribution in [0.15, 0.2) is 0 Å². The van der Waals surface area contributed by atoms with Gasteiger partial charge in [0.05, 0.1) is 0 Å². The Kier molecular flexibility index (Phi) is 3.06. The zero-order valence-corrected chi connectivity index (χ0v) is 7.92. The molecule has 0 heterocycles. The van der Waals surface area contributed by atoms with Crippen LogP contribution < -0.4 is 0 Å². The average Bonchev–Trinajstić information content (AvgIpc) is 1.21. The first-order chi connectivity index (χ1) is 3.42. The standard InChI is InChI=1S/C6H15ClSi/c1-6(7)5-8(2,3)4/h6H,5H2,1-4H3. The van der Waals surface area contributed by atoms with Crippen molar-refractivity contribution in [2.75, 3.05) is 0 Å². The van der Waals surface area contributed by atoms with E-state index < -0.39 is 8.07 Å². The lowest BCUT2D eigenvalue weighted by atomic mass is 10.6. The molecule has 0 aliphatic carbocycles. The van der Waals surface area contributed by atoms with Gasteiger partial charge in [0.2, 0.25) is 0 Å². The molecule has 0 saturated carbocycles. The Morgan fingerprint density at radius 2 is 1.75 bits per heavy atom. The molecule has 0 aromatic carbocycles. The van der Waals surface area contributed by atoms with Gasteiger partial charge in [0, 0.05) is 13.5 Å². The van der Waals surface area contributed by atoms with Crippen LogP contribution in [0.4, 0.5) is 0 Å². The van der Waals surface area contributed by atoms with E-state index in [1.165, 1.54) is 6.04 Å². The Balaban J connectivity index is 3.39. The first-order valence-electron chi connectivity index (χ1n) is 3.06. The van der Waals surface area contributed by atoms with Crippen LogP contribution >= 0.6 is 11.6 Å². The molecule has 0 amide bonds. The topological polar surface area (TPSA) is 0 Å². The van der Waals surface area contributed by atoms with Crippen LogP contribution in [0.25, 0.3) is 0 Å². The molecule has 0 nitrogen and oxygen atoms in total. The van der Waals surface area contributed by atoms with Crippen LogP contribution in [0, 0.1) is 0 Å². The summed E-state index contributed by atoms with van der Waals surface area (Å²) < 4.78 is 0. The highest BCUT2D eigenvalue weighted by atomic mass is 35.5. The number of hydrogen-bond acceptors (Lipinski definition) is 0. The third kappa shape index (κ3) is 6.51. The van der Waals surface area contributed by atoms with E-state index in [1.807, 2.05) is 0 Å². The van der Waals surface area contributed by atoms with Crippen molar-refractivity contribution >= 4 is 19.7 Å². The SMILES string of the molecule is CC(Cl)C[Si](C)(C)C. The summed E-state index contributed by atoms with van der Waals surface area (Å²) in [5.41, 5.74) is 0. The minimum atomic E-state index is -0.852. The van der Waals surface area contributed by atoms with E-state index in [4.69, 9.17) is 11.6 Å². The molecule has 0 aliphatic rings. The fourth-order valence-electron chi connectivity index (χ4n) is 0.844. The third-order valence-corrected chi connectivity index (χ3v) is 3.14. The Morgan fingerprint density at radius 1 is 1.38 bits per heavy atom. The first-order valence-corrected chi connectivity index (χ1v) is 7.20. The van der Waals surface area contributed by atoms with Gasteiger partial charge in [-0.25, -0.2) is 0 Å². The van der Waals surface area contributed by atoms with Crippen LogP contribution in [-0.2, 0) is 0 Å². The molecule has 0 spiro atoms. The van der Waals surface area contributed by atoms with Gasteiger partial charge >= 0.3 is 0 Å². The highest BCUT2D eigenvalue weighted by Gasteiger charge is 2.14. The predicted octanol–water partition coefficient (Wildman–Crippen LogP) is 2.95. The molecular weight excluding hydrogens is 136 g/mol. The van der Waals surface area contributed by atoms with Gasteiger partial charge in [0.1, 0.15) is 0 Å². The van der Waals surface area contributed by atoms with E-state index in [2.05, 4.69) is 26.6 Å². The molecule has 8 heavy (non-hydrogen) atoms. The smallest absolute Gasteiger partial charge is 0.0457 e. The molecule has 1 atom stereocenters. The van der Waals surface area contributed by atoms with Crippen molar-refractivity contribution in [3.05, 3.63) is 0 Å². The highest BCUT2D eigenvalue weighted by molar-refractivity contribution is 6.76. The Hall–Kier alpha value is 0.507. The van der Waals surface area contributed by atoms with E-state index in [0.717, 1.165) is 0 Å². The van der Waals surface area contributed by atoms with E-state index in [-0.39, 0.29) is 0 Å². The summed E-state index contributed by atoms with van der Waals surface area (Å²) in [6.07, 6.45) is 0. The molecule has 0 N–H and O–H groups in total. The highest BCUT2D eigenvalue weighted by Crippen LogP contribution is 2.14. The molecule has 0 aromatic rings. The van der Waals surface area contributed by atoms with E-state index >= 15 is 0 Å². The maximum Gasteiger partial charge on any atom is 0.0457 e. The van der Waals surface area contributed by atoms with Crippen LogP contribution in [0.3, 0.4) is 0 Å². The average molecular weight is 151 g/mol. The van der Waals surface area contributed by atoms with Crippen molar-refractivity contribution in [1.82, 2.24) is 0 Å². The second kappa shape index (κ2) is 2.88. The van der Waals surface area contributed by atoms with Gasteiger partial charge in [0.25, 0.3) is 0 Å². The van der Waals surface area contributed by atoms with E-state index in [9.17, 15) is 0 Å². The second-order valence-electron chi connectivity index (χ2n) is 3.55. The van der Waals surface area contributed by atoms with Crippen molar-refractivity contribution < 1.29 is 0 Å². The van der Waals surface area contributed by atoms with E-state index in [0.29, 0.717) is 5.38 Å². The van der Waals surface area contributed by atoms with Gasteiger partial charge in [-0.2, -0.15) is 0 Å². The Labute approximate surface area is 58.2 Å². The fraction of sp³-hybridized carbons (Fsp3) is 1.00. The summed E-state index contributed by atoms with van der Waals surface area (Å²) in [4.78, 5) is 0. The zero-order chi connectivity index (χ0) is 6.78. The number of rotatable bonds is 2. The molecule has 0 saturated heterocycles. The van der Waals surface area contributed by atoms with Crippen LogP contribution in [0.2, 0.25) is 25.7 Å². The summed E-state index contributed by atoms with van der Waals surface area (Å²) in [7, 11) is -0.852. The molecule has 0 fully saturated rings. The zero-order valence-electron chi connectivity index (χ0n) is 6.16. The largest absolute Gasteiger partial charge is 0.124 e. The summed E-state index contributed by atoms with van der Waals surface area (Å²) in [6.45, 7) is 9.09. The lowest BCUT2D eigenvalue weighted by Crippen LogP contribution is -2.22. The van der Waals surface area contributed by atoms with Gasteiger partial charge in [-0.3, -0.25) is 0 Å².